The lowest BCUT2D eigenvalue weighted by Crippen LogP contribution is -2.37. The van der Waals surface area contributed by atoms with Gasteiger partial charge in [-0.2, -0.15) is 0 Å². The van der Waals surface area contributed by atoms with Crippen molar-refractivity contribution in [1.29, 1.82) is 0 Å². The molecule has 0 heterocycles. The van der Waals surface area contributed by atoms with Crippen molar-refractivity contribution in [3.05, 3.63) is 0 Å². The van der Waals surface area contributed by atoms with E-state index in [1.54, 1.807) is 0 Å². The Bertz CT molecular complexity index is 172. The van der Waals surface area contributed by atoms with Gasteiger partial charge in [0.1, 0.15) is 0 Å². The van der Waals surface area contributed by atoms with Gasteiger partial charge in [0, 0.05) is 19.0 Å². The Kier molecular flexibility index (Phi) is 6.12. The molecule has 3 nitrogen and oxygen atoms in total. The fraction of sp³-hybridized carbons (Fsp3) is 0.667. The third-order valence-corrected chi connectivity index (χ3v) is 1.41. The van der Waals surface area contributed by atoms with Crippen molar-refractivity contribution in [2.45, 2.75) is 26.3 Å². The van der Waals surface area contributed by atoms with E-state index in [0.717, 1.165) is 0 Å². The summed E-state index contributed by atoms with van der Waals surface area (Å²) in [6, 6.07) is 0.206. The first-order chi connectivity index (χ1) is 5.70. The summed E-state index contributed by atoms with van der Waals surface area (Å²) >= 11 is 0. The van der Waals surface area contributed by atoms with Crippen LogP contribution in [0.2, 0.25) is 0 Å². The van der Waals surface area contributed by atoms with E-state index in [4.69, 9.17) is 6.42 Å². The molecule has 1 atom stereocenters. The third kappa shape index (κ3) is 5.75. The van der Waals surface area contributed by atoms with Crippen LogP contribution in [0.3, 0.4) is 0 Å². The van der Waals surface area contributed by atoms with Gasteiger partial charge in [0.05, 0.1) is 6.54 Å². The van der Waals surface area contributed by atoms with Gasteiger partial charge in [0.2, 0.25) is 5.91 Å². The van der Waals surface area contributed by atoms with Crippen molar-refractivity contribution in [1.82, 2.24) is 10.6 Å². The molecule has 0 aliphatic rings. The number of amides is 1. The van der Waals surface area contributed by atoms with E-state index in [1.165, 1.54) is 0 Å². The van der Waals surface area contributed by atoms with Gasteiger partial charge in [-0.15, -0.1) is 12.3 Å². The number of hydrogen-bond acceptors (Lipinski definition) is 2. The van der Waals surface area contributed by atoms with E-state index in [2.05, 4.69) is 16.6 Å². The molecule has 1 amide bonds. The zero-order valence-corrected chi connectivity index (χ0v) is 7.68. The second-order valence-corrected chi connectivity index (χ2v) is 2.64. The third-order valence-electron chi connectivity index (χ3n) is 1.41. The first-order valence-corrected chi connectivity index (χ1v) is 4.14. The molecule has 0 rings (SSSR count). The summed E-state index contributed by atoms with van der Waals surface area (Å²) in [4.78, 5) is 10.9. The summed E-state index contributed by atoms with van der Waals surface area (Å²) < 4.78 is 0. The fourth-order valence-corrected chi connectivity index (χ4v) is 0.776. The van der Waals surface area contributed by atoms with Gasteiger partial charge in [-0.25, -0.2) is 0 Å². The second-order valence-electron chi connectivity index (χ2n) is 2.64. The molecular formula is C9H16N2O. The highest BCUT2D eigenvalue weighted by molar-refractivity contribution is 5.77. The summed E-state index contributed by atoms with van der Waals surface area (Å²) in [5.41, 5.74) is 0. The lowest BCUT2D eigenvalue weighted by Gasteiger charge is -2.09. The molecule has 0 fully saturated rings. The number of hydrogen-bond donors (Lipinski definition) is 2. The first kappa shape index (κ1) is 11.0. The largest absolute Gasteiger partial charge is 0.355 e. The molecule has 12 heavy (non-hydrogen) atoms. The quantitative estimate of drug-likeness (QED) is 0.573. The molecule has 0 bridgehead atoms. The molecule has 3 heteroatoms. The predicted octanol–water partition coefficient (Wildman–Crippen LogP) is 0.124. The van der Waals surface area contributed by atoms with Crippen molar-refractivity contribution in [3.63, 3.8) is 0 Å². The number of carbonyl (C=O) groups excluding carboxylic acids is 1. The zero-order valence-electron chi connectivity index (χ0n) is 7.68. The molecule has 0 aromatic rings. The Morgan fingerprint density at radius 2 is 2.33 bits per heavy atom. The maximum Gasteiger partial charge on any atom is 0.233 e. The predicted molar refractivity (Wildman–Crippen MR) is 49.6 cm³/mol. The zero-order chi connectivity index (χ0) is 9.40. The Morgan fingerprint density at radius 3 is 2.83 bits per heavy atom. The smallest absolute Gasteiger partial charge is 0.233 e. The summed E-state index contributed by atoms with van der Waals surface area (Å²) in [6.45, 7) is 4.86. The number of likely N-dealkylation sites (N-methyl/N-ethyl adjacent to an activating group) is 1. The van der Waals surface area contributed by atoms with Gasteiger partial charge in [0.25, 0.3) is 0 Å². The van der Waals surface area contributed by atoms with Gasteiger partial charge in [0.15, 0.2) is 0 Å². The molecule has 0 spiro atoms. The first-order valence-electron chi connectivity index (χ1n) is 4.14. The van der Waals surface area contributed by atoms with Crippen LogP contribution in [0.5, 0.6) is 0 Å². The van der Waals surface area contributed by atoms with E-state index in [0.29, 0.717) is 19.5 Å². The van der Waals surface area contributed by atoms with Crippen LogP contribution in [0.15, 0.2) is 0 Å². The van der Waals surface area contributed by atoms with Crippen molar-refractivity contribution < 1.29 is 4.79 Å². The maximum atomic E-state index is 10.9. The van der Waals surface area contributed by atoms with Crippen LogP contribution in [0.25, 0.3) is 0 Å². The Balaban J connectivity index is 3.41. The van der Waals surface area contributed by atoms with Crippen LogP contribution in [-0.2, 0) is 4.79 Å². The molecule has 0 saturated carbocycles. The minimum atomic E-state index is 0.0152. The fourth-order valence-electron chi connectivity index (χ4n) is 0.776. The lowest BCUT2D eigenvalue weighted by molar-refractivity contribution is -0.120. The van der Waals surface area contributed by atoms with Crippen molar-refractivity contribution in [3.8, 4) is 12.3 Å². The van der Waals surface area contributed by atoms with Crippen LogP contribution in [0.1, 0.15) is 20.3 Å². The van der Waals surface area contributed by atoms with E-state index in [-0.39, 0.29) is 11.9 Å². The highest BCUT2D eigenvalue weighted by Gasteiger charge is 2.02. The summed E-state index contributed by atoms with van der Waals surface area (Å²) in [5, 5.41) is 5.70. The van der Waals surface area contributed by atoms with Crippen LogP contribution < -0.4 is 10.6 Å². The van der Waals surface area contributed by atoms with Crippen molar-refractivity contribution in [2.75, 3.05) is 13.1 Å². The SMILES string of the molecule is C#CCC(C)NCC(=O)NCC. The standard InChI is InChI=1S/C9H16N2O/c1-4-6-8(3)11-7-9(12)10-5-2/h1,8,11H,5-7H2,2-3H3,(H,10,12). The summed E-state index contributed by atoms with van der Waals surface area (Å²) in [7, 11) is 0. The highest BCUT2D eigenvalue weighted by Crippen LogP contribution is 1.85. The van der Waals surface area contributed by atoms with E-state index in [9.17, 15) is 4.79 Å². The van der Waals surface area contributed by atoms with Gasteiger partial charge in [-0.1, -0.05) is 0 Å². The van der Waals surface area contributed by atoms with Gasteiger partial charge in [-0.05, 0) is 13.8 Å². The number of nitrogens with one attached hydrogen (secondary N) is 2. The highest BCUT2D eigenvalue weighted by atomic mass is 16.1. The van der Waals surface area contributed by atoms with Crippen LogP contribution in [0.4, 0.5) is 0 Å². The van der Waals surface area contributed by atoms with Gasteiger partial charge >= 0.3 is 0 Å². The summed E-state index contributed by atoms with van der Waals surface area (Å²) in [5.74, 6) is 2.54. The molecule has 68 valence electrons. The molecule has 0 aliphatic carbocycles. The maximum absolute atomic E-state index is 10.9. The molecule has 1 unspecified atom stereocenters. The number of carbonyl (C=O) groups is 1. The Hall–Kier alpha value is -1.01. The van der Waals surface area contributed by atoms with Crippen LogP contribution in [0, 0.1) is 12.3 Å². The molecule has 0 saturated heterocycles. The molecule has 0 radical (unpaired) electrons. The number of terminal acetylenes is 1. The average Bonchev–Trinajstić information content (AvgIpc) is 2.02. The van der Waals surface area contributed by atoms with E-state index >= 15 is 0 Å². The molecular weight excluding hydrogens is 152 g/mol. The number of rotatable bonds is 5. The molecule has 0 aromatic carbocycles. The minimum Gasteiger partial charge on any atom is -0.355 e. The Labute approximate surface area is 73.9 Å². The summed E-state index contributed by atoms with van der Waals surface area (Å²) in [6.07, 6.45) is 5.76. The average molecular weight is 168 g/mol. The monoisotopic (exact) mass is 168 g/mol. The van der Waals surface area contributed by atoms with Gasteiger partial charge in [-0.3, -0.25) is 4.79 Å². The normalized spacial score (nSPS) is 11.8. The minimum absolute atomic E-state index is 0.0152. The van der Waals surface area contributed by atoms with Crippen molar-refractivity contribution in [2.24, 2.45) is 0 Å². The molecule has 0 aromatic heterocycles. The molecule has 0 aliphatic heterocycles. The van der Waals surface area contributed by atoms with Gasteiger partial charge < -0.3 is 10.6 Å². The van der Waals surface area contributed by atoms with Crippen LogP contribution >= 0.6 is 0 Å². The topological polar surface area (TPSA) is 41.1 Å². The lowest BCUT2D eigenvalue weighted by atomic mass is 10.2. The molecule has 2 N–H and O–H groups in total. The van der Waals surface area contributed by atoms with Crippen molar-refractivity contribution >= 4 is 5.91 Å². The second kappa shape index (κ2) is 6.68. The van der Waals surface area contributed by atoms with E-state index < -0.39 is 0 Å². The van der Waals surface area contributed by atoms with E-state index in [1.807, 2.05) is 13.8 Å². The van der Waals surface area contributed by atoms with Crippen LogP contribution in [-0.4, -0.2) is 25.0 Å². The Morgan fingerprint density at radius 1 is 1.67 bits per heavy atom.